The Morgan fingerprint density at radius 3 is 1.11 bits per heavy atom. The maximum atomic E-state index is 2.44. The maximum Gasteiger partial charge on any atom is 0.0542 e. The van der Waals surface area contributed by atoms with Gasteiger partial charge in [-0.3, -0.25) is 0 Å². The van der Waals surface area contributed by atoms with Gasteiger partial charge >= 0.3 is 0 Å². The number of aryl methyl sites for hydroxylation is 1. The summed E-state index contributed by atoms with van der Waals surface area (Å²) >= 11 is 0. The van der Waals surface area contributed by atoms with E-state index in [0.717, 1.165) is 52.5 Å². The number of rotatable bonds is 8. The van der Waals surface area contributed by atoms with Crippen LogP contribution in [0.25, 0.3) is 107 Å². The van der Waals surface area contributed by atoms with Crippen molar-refractivity contribution in [3.8, 4) is 67.8 Å². The van der Waals surface area contributed by atoms with Gasteiger partial charge in [-0.25, -0.2) is 0 Å². The molecular formula is C62H44N4. The molecule has 0 bridgehead atoms. The van der Waals surface area contributed by atoms with E-state index in [1.165, 1.54) is 72.1 Å². The molecule has 0 fully saturated rings. The molecule has 4 heterocycles. The minimum Gasteiger partial charge on any atom is -0.310 e. The molecule has 312 valence electrons. The third-order valence-electron chi connectivity index (χ3n) is 13.4. The molecule has 4 aromatic heterocycles. The van der Waals surface area contributed by atoms with E-state index in [0.29, 0.717) is 0 Å². The summed E-state index contributed by atoms with van der Waals surface area (Å²) in [5.41, 5.74) is 20.2. The third-order valence-corrected chi connectivity index (χ3v) is 13.4. The van der Waals surface area contributed by atoms with Gasteiger partial charge in [0.05, 0.1) is 39.3 Å². The number of allylic oxidation sites excluding steroid dienone is 1. The Hall–Kier alpha value is -8.60. The van der Waals surface area contributed by atoms with Gasteiger partial charge in [0.25, 0.3) is 0 Å². The number of hydrogen-bond donors (Lipinski definition) is 0. The Labute approximate surface area is 383 Å². The van der Waals surface area contributed by atoms with Crippen molar-refractivity contribution < 1.29 is 0 Å². The summed E-state index contributed by atoms with van der Waals surface area (Å²) in [4.78, 5) is 0. The van der Waals surface area contributed by atoms with E-state index < -0.39 is 0 Å². The molecule has 0 saturated carbocycles. The van der Waals surface area contributed by atoms with Crippen molar-refractivity contribution in [3.05, 3.63) is 248 Å². The fourth-order valence-corrected chi connectivity index (χ4v) is 10.4. The van der Waals surface area contributed by atoms with Gasteiger partial charge in [0, 0.05) is 44.6 Å². The molecule has 4 heteroatoms. The lowest BCUT2D eigenvalue weighted by Gasteiger charge is -2.16. The molecule has 0 atom stereocenters. The molecule has 12 aromatic rings. The average Bonchev–Trinajstić information content (AvgIpc) is 4.17. The molecule has 0 unspecified atom stereocenters. The first-order chi connectivity index (χ1) is 32.7. The molecule has 1 aliphatic carbocycles. The minimum atomic E-state index is 1.06. The van der Waals surface area contributed by atoms with Gasteiger partial charge < -0.3 is 18.3 Å². The number of nitrogens with zero attached hydrogens (tertiary/aromatic N) is 4. The van der Waals surface area contributed by atoms with Crippen LogP contribution in [0.2, 0.25) is 0 Å². The molecule has 0 spiro atoms. The topological polar surface area (TPSA) is 19.7 Å². The van der Waals surface area contributed by atoms with Gasteiger partial charge in [-0.1, -0.05) is 146 Å². The minimum absolute atomic E-state index is 1.06. The van der Waals surface area contributed by atoms with E-state index in [4.69, 9.17) is 0 Å². The first-order valence-electron chi connectivity index (χ1n) is 22.9. The Morgan fingerprint density at radius 1 is 0.288 bits per heavy atom. The second-order valence-electron chi connectivity index (χ2n) is 17.3. The monoisotopic (exact) mass is 844 g/mol. The van der Waals surface area contributed by atoms with Crippen molar-refractivity contribution >= 4 is 38.8 Å². The van der Waals surface area contributed by atoms with Crippen LogP contribution in [0, 0.1) is 0 Å². The summed E-state index contributed by atoms with van der Waals surface area (Å²) in [5.74, 6) is 0. The number of hydrogen-bond acceptors (Lipinski definition) is 0. The van der Waals surface area contributed by atoms with Gasteiger partial charge in [-0.2, -0.15) is 0 Å². The second kappa shape index (κ2) is 15.6. The number of benzene rings is 8. The molecule has 1 aliphatic rings. The molecule has 8 aromatic carbocycles. The third kappa shape index (κ3) is 6.29. The highest BCUT2D eigenvalue weighted by Gasteiger charge is 2.21. The second-order valence-corrected chi connectivity index (χ2v) is 17.3. The smallest absolute Gasteiger partial charge is 0.0542 e. The van der Waals surface area contributed by atoms with Crippen LogP contribution in [0.4, 0.5) is 0 Å². The Bertz CT molecular complexity index is 3750. The Morgan fingerprint density at radius 2 is 0.652 bits per heavy atom. The summed E-state index contributed by atoms with van der Waals surface area (Å²) in [6, 6.07) is 84.1. The summed E-state index contributed by atoms with van der Waals surface area (Å²) in [6.45, 7) is 0. The summed E-state index contributed by atoms with van der Waals surface area (Å²) < 4.78 is 9.69. The molecule has 0 amide bonds. The van der Waals surface area contributed by atoms with E-state index in [-0.39, 0.29) is 0 Å². The van der Waals surface area contributed by atoms with Gasteiger partial charge in [-0.15, -0.1) is 0 Å². The normalized spacial score (nSPS) is 12.4. The summed E-state index contributed by atoms with van der Waals surface area (Å²) in [7, 11) is 0. The summed E-state index contributed by atoms with van der Waals surface area (Å²) in [5, 5.41) is 3.59. The van der Waals surface area contributed by atoms with Crippen LogP contribution < -0.4 is 0 Å². The predicted octanol–water partition coefficient (Wildman–Crippen LogP) is 15.9. The van der Waals surface area contributed by atoms with E-state index in [9.17, 15) is 0 Å². The first-order valence-corrected chi connectivity index (χ1v) is 22.9. The van der Waals surface area contributed by atoms with Crippen molar-refractivity contribution in [2.45, 2.75) is 12.8 Å². The maximum absolute atomic E-state index is 2.44. The number of para-hydroxylation sites is 1. The zero-order valence-corrected chi connectivity index (χ0v) is 36.3. The SMILES string of the molecule is C1=Cc2c(cc(-c3ccccc3)n2-c2ccc(-n3c(-c4ccccc4)cc4cc5c(cc(-c6ccccc6)n5-c5ccc(-n6c(-c7ccccc7)cc7ccccc76)cc5)cc43)cc2)CC1. The van der Waals surface area contributed by atoms with Gasteiger partial charge in [-0.05, 0) is 138 Å². The molecule has 0 aliphatic heterocycles. The van der Waals surface area contributed by atoms with Crippen molar-refractivity contribution in [3.63, 3.8) is 0 Å². The highest BCUT2D eigenvalue weighted by molar-refractivity contribution is 6.02. The van der Waals surface area contributed by atoms with Crippen LogP contribution in [-0.2, 0) is 6.42 Å². The number of aromatic nitrogens is 4. The van der Waals surface area contributed by atoms with Crippen LogP contribution in [-0.4, -0.2) is 18.3 Å². The van der Waals surface area contributed by atoms with Crippen LogP contribution in [0.5, 0.6) is 0 Å². The fraction of sp³-hybridized carbons (Fsp3) is 0.0323. The van der Waals surface area contributed by atoms with E-state index in [1.54, 1.807) is 0 Å². The number of fused-ring (bicyclic) bond motifs is 4. The van der Waals surface area contributed by atoms with Crippen molar-refractivity contribution in [1.82, 2.24) is 18.3 Å². The van der Waals surface area contributed by atoms with Crippen LogP contribution in [0.15, 0.2) is 237 Å². The molecule has 66 heavy (non-hydrogen) atoms. The largest absolute Gasteiger partial charge is 0.310 e. The van der Waals surface area contributed by atoms with Crippen LogP contribution >= 0.6 is 0 Å². The zero-order valence-electron chi connectivity index (χ0n) is 36.3. The first kappa shape index (κ1) is 37.9. The molecule has 0 saturated heterocycles. The molecular weight excluding hydrogens is 801 g/mol. The average molecular weight is 845 g/mol. The van der Waals surface area contributed by atoms with E-state index >= 15 is 0 Å². The molecule has 4 nitrogen and oxygen atoms in total. The van der Waals surface area contributed by atoms with Gasteiger partial charge in [0.2, 0.25) is 0 Å². The standard InChI is InChI=1S/C62H44N4/c1-5-17-43(18-6-1)57-37-47-25-13-15-27-55(47)63(57)51-29-33-53(34-30-51)65-59(45-21-9-3-10-22-45)39-49-42-62-50(41-61(49)65)40-60(46-23-11-4-12-24-46)66(62)54-35-31-52(32-36-54)64-56-28-16-14-26-48(56)38-58(64)44-19-7-2-8-20-44/h1-13,15-25,27-42H,14,26H2. The lowest BCUT2D eigenvalue weighted by atomic mass is 10.0. The predicted molar refractivity (Wildman–Crippen MR) is 275 cm³/mol. The lowest BCUT2D eigenvalue weighted by Crippen LogP contribution is -2.03. The van der Waals surface area contributed by atoms with Gasteiger partial charge in [0.1, 0.15) is 0 Å². The zero-order chi connectivity index (χ0) is 43.6. The van der Waals surface area contributed by atoms with E-state index in [2.05, 4.69) is 261 Å². The molecule has 0 radical (unpaired) electrons. The Kier molecular flexibility index (Phi) is 8.95. The quantitative estimate of drug-likeness (QED) is 0.145. The van der Waals surface area contributed by atoms with Crippen molar-refractivity contribution in [2.24, 2.45) is 0 Å². The van der Waals surface area contributed by atoms with Crippen molar-refractivity contribution in [1.29, 1.82) is 0 Å². The fourth-order valence-electron chi connectivity index (χ4n) is 10.4. The van der Waals surface area contributed by atoms with Crippen molar-refractivity contribution in [2.75, 3.05) is 0 Å². The Balaban J connectivity index is 0.968. The van der Waals surface area contributed by atoms with E-state index in [1.807, 2.05) is 0 Å². The molecule has 13 rings (SSSR count). The molecule has 0 N–H and O–H groups in total. The van der Waals surface area contributed by atoms with Gasteiger partial charge in [0.15, 0.2) is 0 Å². The highest BCUT2D eigenvalue weighted by Crippen LogP contribution is 2.40. The van der Waals surface area contributed by atoms with Crippen LogP contribution in [0.1, 0.15) is 17.7 Å². The highest BCUT2D eigenvalue weighted by atomic mass is 15.0. The van der Waals surface area contributed by atoms with Crippen LogP contribution in [0.3, 0.4) is 0 Å². The lowest BCUT2D eigenvalue weighted by molar-refractivity contribution is 0.959. The summed E-state index contributed by atoms with van der Waals surface area (Å²) in [6.07, 6.45) is 6.73.